The highest BCUT2D eigenvalue weighted by molar-refractivity contribution is 6.07. The van der Waals surface area contributed by atoms with Crippen molar-refractivity contribution in [2.45, 2.75) is 26.4 Å². The van der Waals surface area contributed by atoms with Gasteiger partial charge in [0.05, 0.1) is 22.9 Å². The molecule has 2 aromatic carbocycles. The zero-order chi connectivity index (χ0) is 18.3. The van der Waals surface area contributed by atoms with Crippen LogP contribution in [0.5, 0.6) is 0 Å². The lowest BCUT2D eigenvalue weighted by Gasteiger charge is -2.18. The number of amides is 1. The van der Waals surface area contributed by atoms with Gasteiger partial charge in [-0.25, -0.2) is 4.98 Å². The van der Waals surface area contributed by atoms with Gasteiger partial charge >= 0.3 is 0 Å². The van der Waals surface area contributed by atoms with Crippen molar-refractivity contribution in [1.82, 2.24) is 9.88 Å². The number of pyridine rings is 1. The molecule has 26 heavy (non-hydrogen) atoms. The number of aliphatic hydroxyl groups is 1. The molecule has 132 valence electrons. The number of carbonyl (C=O) groups is 1. The first-order valence-corrected chi connectivity index (χ1v) is 8.97. The summed E-state index contributed by atoms with van der Waals surface area (Å²) in [6.45, 7) is 5.10. The average Bonchev–Trinajstić information content (AvgIpc) is 3.08. The Balaban J connectivity index is 1.91. The van der Waals surface area contributed by atoms with E-state index in [2.05, 4.69) is 6.92 Å². The van der Waals surface area contributed by atoms with Gasteiger partial charge in [0.1, 0.15) is 0 Å². The van der Waals surface area contributed by atoms with Crippen molar-refractivity contribution in [3.05, 3.63) is 65.2 Å². The van der Waals surface area contributed by atoms with Crippen LogP contribution in [-0.4, -0.2) is 40.1 Å². The fourth-order valence-corrected chi connectivity index (χ4v) is 3.52. The first kappa shape index (κ1) is 16.7. The fraction of sp³-hybridized carbons (Fsp3) is 0.273. The van der Waals surface area contributed by atoms with Gasteiger partial charge in [-0.3, -0.25) is 4.79 Å². The average molecular weight is 346 g/mol. The van der Waals surface area contributed by atoms with Crippen LogP contribution >= 0.6 is 0 Å². The van der Waals surface area contributed by atoms with Crippen LogP contribution in [-0.2, 0) is 0 Å². The lowest BCUT2D eigenvalue weighted by Crippen LogP contribution is -2.29. The number of hydrogen-bond acceptors (Lipinski definition) is 3. The van der Waals surface area contributed by atoms with Crippen LogP contribution in [0.2, 0.25) is 0 Å². The molecule has 0 aliphatic carbocycles. The summed E-state index contributed by atoms with van der Waals surface area (Å²) in [7, 11) is 0. The Bertz CT molecular complexity index is 982. The van der Waals surface area contributed by atoms with Gasteiger partial charge in [-0.05, 0) is 49.6 Å². The highest BCUT2D eigenvalue weighted by Gasteiger charge is 2.27. The summed E-state index contributed by atoms with van der Waals surface area (Å²) in [5, 5.41) is 10.7. The number of carbonyl (C=O) groups excluding carboxylic acids is 1. The zero-order valence-corrected chi connectivity index (χ0v) is 15.1. The minimum absolute atomic E-state index is 0.0330. The monoisotopic (exact) mass is 346 g/mol. The van der Waals surface area contributed by atoms with Crippen molar-refractivity contribution in [3.8, 4) is 11.3 Å². The van der Waals surface area contributed by atoms with E-state index in [1.165, 1.54) is 0 Å². The summed E-state index contributed by atoms with van der Waals surface area (Å²) >= 11 is 0. The predicted octanol–water partition coefficient (Wildman–Crippen LogP) is 3.73. The summed E-state index contributed by atoms with van der Waals surface area (Å²) in [5.74, 6) is -0.0330. The molecule has 1 amide bonds. The Morgan fingerprint density at radius 3 is 2.54 bits per heavy atom. The summed E-state index contributed by atoms with van der Waals surface area (Å²) in [6.07, 6.45) is 0.211. The number of rotatable bonds is 2. The van der Waals surface area contributed by atoms with Crippen LogP contribution in [0.25, 0.3) is 22.2 Å². The van der Waals surface area contributed by atoms with Crippen molar-refractivity contribution >= 4 is 16.8 Å². The van der Waals surface area contributed by atoms with E-state index in [0.29, 0.717) is 25.1 Å². The van der Waals surface area contributed by atoms with Crippen LogP contribution in [0.15, 0.2) is 48.5 Å². The lowest BCUT2D eigenvalue weighted by atomic mass is 9.99. The van der Waals surface area contributed by atoms with Crippen molar-refractivity contribution in [2.24, 2.45) is 0 Å². The second-order valence-corrected chi connectivity index (χ2v) is 7.07. The van der Waals surface area contributed by atoms with Gasteiger partial charge in [-0.2, -0.15) is 0 Å². The molecule has 0 saturated carbocycles. The summed E-state index contributed by atoms with van der Waals surface area (Å²) < 4.78 is 0. The molecule has 3 aromatic rings. The third-order valence-corrected chi connectivity index (χ3v) is 5.17. The molecule has 2 heterocycles. The topological polar surface area (TPSA) is 53.4 Å². The quantitative estimate of drug-likeness (QED) is 0.769. The largest absolute Gasteiger partial charge is 0.391 e. The second kappa shape index (κ2) is 6.54. The van der Waals surface area contributed by atoms with Gasteiger partial charge in [0, 0.05) is 24.0 Å². The molecule has 4 heteroatoms. The summed E-state index contributed by atoms with van der Waals surface area (Å²) in [4.78, 5) is 19.7. The van der Waals surface area contributed by atoms with Crippen LogP contribution in [0, 0.1) is 13.8 Å². The first-order chi connectivity index (χ1) is 12.5. The number of hydrogen-bond donors (Lipinski definition) is 1. The lowest BCUT2D eigenvalue weighted by molar-refractivity contribution is 0.0767. The molecule has 4 nitrogen and oxygen atoms in total. The van der Waals surface area contributed by atoms with Gasteiger partial charge < -0.3 is 10.0 Å². The highest BCUT2D eigenvalue weighted by atomic mass is 16.3. The molecule has 1 aliphatic rings. The number of aryl methyl sites for hydroxylation is 2. The number of nitrogens with zero attached hydrogens (tertiary/aromatic N) is 2. The van der Waals surface area contributed by atoms with E-state index in [4.69, 9.17) is 4.98 Å². The van der Waals surface area contributed by atoms with Gasteiger partial charge in [-0.15, -0.1) is 0 Å². The maximum absolute atomic E-state index is 13.2. The molecule has 1 fully saturated rings. The molecule has 0 spiro atoms. The van der Waals surface area contributed by atoms with Crippen LogP contribution in [0.3, 0.4) is 0 Å². The number of β-amino-alcohol motifs (C(OH)–C–C–N with tert-alkyl or cyclic N) is 1. The SMILES string of the molecule is Cc1cc2nc(-c3ccccc3)cc(C(=O)N3CC[C@H](O)C3)c2cc1C. The molecule has 1 aliphatic heterocycles. The van der Waals surface area contributed by atoms with Gasteiger partial charge in [0.2, 0.25) is 0 Å². The van der Waals surface area contributed by atoms with Crippen molar-refractivity contribution in [2.75, 3.05) is 13.1 Å². The molecule has 1 saturated heterocycles. The minimum atomic E-state index is -0.426. The number of aromatic nitrogens is 1. The highest BCUT2D eigenvalue weighted by Crippen LogP contribution is 2.28. The van der Waals surface area contributed by atoms with Crippen molar-refractivity contribution < 1.29 is 9.90 Å². The summed E-state index contributed by atoms with van der Waals surface area (Å²) in [6, 6.07) is 15.9. The first-order valence-electron chi connectivity index (χ1n) is 8.97. The molecule has 0 radical (unpaired) electrons. The minimum Gasteiger partial charge on any atom is -0.391 e. The smallest absolute Gasteiger partial charge is 0.254 e. The van der Waals surface area contributed by atoms with Gasteiger partial charge in [0.15, 0.2) is 0 Å². The molecule has 0 bridgehead atoms. The molecular weight excluding hydrogens is 324 g/mol. The summed E-state index contributed by atoms with van der Waals surface area (Å²) in [5.41, 5.74) is 5.57. The van der Waals surface area contributed by atoms with E-state index < -0.39 is 6.10 Å². The van der Waals surface area contributed by atoms with Crippen LogP contribution in [0.4, 0.5) is 0 Å². The molecular formula is C22H22N2O2. The molecule has 0 unspecified atom stereocenters. The zero-order valence-electron chi connectivity index (χ0n) is 15.1. The van der Waals surface area contributed by atoms with Gasteiger partial charge in [0.25, 0.3) is 5.91 Å². The van der Waals surface area contributed by atoms with Gasteiger partial charge in [-0.1, -0.05) is 30.3 Å². The van der Waals surface area contributed by atoms with E-state index in [1.807, 2.05) is 55.5 Å². The Kier molecular flexibility index (Phi) is 4.21. The van der Waals surface area contributed by atoms with E-state index in [1.54, 1.807) is 4.90 Å². The number of likely N-dealkylation sites (tertiary alicyclic amines) is 1. The maximum atomic E-state index is 13.2. The van der Waals surface area contributed by atoms with Crippen molar-refractivity contribution in [1.29, 1.82) is 0 Å². The molecule has 1 N–H and O–H groups in total. The third kappa shape index (κ3) is 2.97. The van der Waals surface area contributed by atoms with E-state index >= 15 is 0 Å². The van der Waals surface area contributed by atoms with E-state index in [0.717, 1.165) is 33.3 Å². The van der Waals surface area contributed by atoms with E-state index in [-0.39, 0.29) is 5.91 Å². The molecule has 1 aromatic heterocycles. The van der Waals surface area contributed by atoms with Crippen LogP contribution < -0.4 is 0 Å². The Morgan fingerprint density at radius 2 is 1.85 bits per heavy atom. The Morgan fingerprint density at radius 1 is 1.12 bits per heavy atom. The van der Waals surface area contributed by atoms with E-state index in [9.17, 15) is 9.90 Å². The number of fused-ring (bicyclic) bond motifs is 1. The fourth-order valence-electron chi connectivity index (χ4n) is 3.52. The third-order valence-electron chi connectivity index (χ3n) is 5.17. The molecule has 4 rings (SSSR count). The van der Waals surface area contributed by atoms with Crippen LogP contribution in [0.1, 0.15) is 27.9 Å². The number of aliphatic hydroxyl groups excluding tert-OH is 1. The Labute approximate surface area is 153 Å². The molecule has 1 atom stereocenters. The second-order valence-electron chi connectivity index (χ2n) is 7.07. The predicted molar refractivity (Wildman–Crippen MR) is 103 cm³/mol. The maximum Gasteiger partial charge on any atom is 0.254 e. The standard InChI is InChI=1S/C22H22N2O2/c1-14-10-18-19(22(26)24-9-8-17(25)13-24)12-20(16-6-4-3-5-7-16)23-21(18)11-15(14)2/h3-7,10-12,17,25H,8-9,13H2,1-2H3/t17-/m0/s1. The number of benzene rings is 2. The normalized spacial score (nSPS) is 17.0. The van der Waals surface area contributed by atoms with Crippen molar-refractivity contribution in [3.63, 3.8) is 0 Å². The Hall–Kier alpha value is -2.72.